The van der Waals surface area contributed by atoms with E-state index >= 15 is 0 Å². The van der Waals surface area contributed by atoms with Crippen LogP contribution in [0.1, 0.15) is 49.4 Å². The second-order valence-corrected chi connectivity index (χ2v) is 9.41. The zero-order chi connectivity index (χ0) is 21.0. The van der Waals surface area contributed by atoms with Gasteiger partial charge < -0.3 is 10.6 Å². The number of piperidine rings is 1. The molecule has 1 aliphatic carbocycles. The Labute approximate surface area is 181 Å². The Kier molecular flexibility index (Phi) is 4.71. The Hall–Kier alpha value is -2.25. The van der Waals surface area contributed by atoms with Crippen LogP contribution in [0.15, 0.2) is 28.1 Å². The number of anilines is 1. The van der Waals surface area contributed by atoms with Crippen LogP contribution in [-0.4, -0.2) is 39.4 Å². The molecule has 1 spiro atoms. The maximum atomic E-state index is 13.3. The summed E-state index contributed by atoms with van der Waals surface area (Å²) in [7, 11) is 1.80. The van der Waals surface area contributed by atoms with Gasteiger partial charge in [-0.15, -0.1) is 0 Å². The molecule has 2 atom stereocenters. The van der Waals surface area contributed by atoms with E-state index in [1.807, 2.05) is 6.07 Å². The number of nitrogens with two attached hydrogens (primary N) is 1. The van der Waals surface area contributed by atoms with Crippen molar-refractivity contribution < 1.29 is 0 Å². The fraction of sp³-hybridized carbons (Fsp3) is 0.545. The van der Waals surface area contributed by atoms with Crippen LogP contribution in [-0.2, 0) is 13.6 Å². The highest BCUT2D eigenvalue weighted by Gasteiger charge is 2.46. The Morgan fingerprint density at radius 2 is 2.03 bits per heavy atom. The Morgan fingerprint density at radius 1 is 1.27 bits per heavy atom. The number of pyridine rings is 1. The molecule has 8 heteroatoms. The smallest absolute Gasteiger partial charge is 0.264 e. The van der Waals surface area contributed by atoms with Gasteiger partial charge in [0.1, 0.15) is 5.15 Å². The first kappa shape index (κ1) is 19.7. The number of hydrogen-bond donors (Lipinski definition) is 1. The molecule has 1 saturated carbocycles. The van der Waals surface area contributed by atoms with Gasteiger partial charge in [-0.3, -0.25) is 14.4 Å². The number of hydrogen-bond acceptors (Lipinski definition) is 6. The molecule has 2 aromatic rings. The molecule has 4 heterocycles. The summed E-state index contributed by atoms with van der Waals surface area (Å²) in [4.78, 5) is 29.0. The van der Waals surface area contributed by atoms with Gasteiger partial charge in [0, 0.05) is 37.9 Å². The van der Waals surface area contributed by atoms with Crippen molar-refractivity contribution in [1.29, 1.82) is 0 Å². The number of aliphatic imine (C=N–C) groups is 1. The van der Waals surface area contributed by atoms with Crippen molar-refractivity contribution in [2.45, 2.75) is 45.2 Å². The summed E-state index contributed by atoms with van der Waals surface area (Å²) in [5.41, 5.74) is 9.51. The van der Waals surface area contributed by atoms with E-state index in [1.165, 1.54) is 12.8 Å². The molecule has 0 aromatic carbocycles. The lowest BCUT2D eigenvalue weighted by molar-refractivity contribution is 0.185. The molecule has 3 aliphatic rings. The third-order valence-electron chi connectivity index (χ3n) is 7.43. The van der Waals surface area contributed by atoms with E-state index in [0.29, 0.717) is 28.9 Å². The van der Waals surface area contributed by atoms with Crippen LogP contribution in [0.5, 0.6) is 0 Å². The highest BCUT2D eigenvalue weighted by molar-refractivity contribution is 6.30. The average Bonchev–Trinajstić information content (AvgIpc) is 3.29. The van der Waals surface area contributed by atoms with Crippen molar-refractivity contribution in [3.8, 4) is 0 Å². The van der Waals surface area contributed by atoms with E-state index < -0.39 is 0 Å². The lowest BCUT2D eigenvalue weighted by Crippen LogP contribution is -2.49. The van der Waals surface area contributed by atoms with Crippen LogP contribution in [0.3, 0.4) is 0 Å². The van der Waals surface area contributed by atoms with E-state index in [-0.39, 0.29) is 17.0 Å². The molecule has 0 bridgehead atoms. The van der Waals surface area contributed by atoms with Crippen molar-refractivity contribution in [1.82, 2.24) is 14.5 Å². The fourth-order valence-electron chi connectivity index (χ4n) is 5.49. The van der Waals surface area contributed by atoms with Crippen LogP contribution in [0.2, 0.25) is 5.15 Å². The van der Waals surface area contributed by atoms with Crippen LogP contribution in [0, 0.1) is 11.3 Å². The van der Waals surface area contributed by atoms with Crippen molar-refractivity contribution in [2.24, 2.45) is 29.1 Å². The number of halogens is 1. The van der Waals surface area contributed by atoms with Gasteiger partial charge in [-0.05, 0) is 49.1 Å². The number of fused-ring (bicyclic) bond motifs is 1. The first-order valence-corrected chi connectivity index (χ1v) is 11.0. The maximum absolute atomic E-state index is 13.3. The third kappa shape index (κ3) is 2.98. The van der Waals surface area contributed by atoms with Gasteiger partial charge in [0.15, 0.2) is 0 Å². The van der Waals surface area contributed by atoms with Crippen molar-refractivity contribution in [3.63, 3.8) is 0 Å². The summed E-state index contributed by atoms with van der Waals surface area (Å²) < 4.78 is 1.66. The van der Waals surface area contributed by atoms with E-state index in [1.54, 1.807) is 23.9 Å². The molecule has 30 heavy (non-hydrogen) atoms. The highest BCUT2D eigenvalue weighted by Crippen LogP contribution is 2.48. The number of rotatable bonds is 2. The monoisotopic (exact) mass is 426 g/mol. The lowest BCUT2D eigenvalue weighted by Gasteiger charge is -2.43. The van der Waals surface area contributed by atoms with Gasteiger partial charge in [0.2, 0.25) is 5.95 Å². The summed E-state index contributed by atoms with van der Waals surface area (Å²) in [6.45, 7) is 4.44. The molecule has 2 fully saturated rings. The molecule has 2 aromatic heterocycles. The molecule has 7 nitrogen and oxygen atoms in total. The van der Waals surface area contributed by atoms with Crippen LogP contribution >= 0.6 is 11.6 Å². The Bertz CT molecular complexity index is 1090. The largest absolute Gasteiger partial charge is 0.342 e. The molecular formula is C22H27ClN6O. The lowest BCUT2D eigenvalue weighted by atomic mass is 9.73. The van der Waals surface area contributed by atoms with E-state index in [4.69, 9.17) is 22.3 Å². The van der Waals surface area contributed by atoms with Crippen LogP contribution in [0.4, 0.5) is 5.95 Å². The zero-order valence-electron chi connectivity index (χ0n) is 17.4. The SMILES string of the molecule is C[C@@H]1CCC2(CCN(c3nc4c(c(=O)n3C)C(c3ccnc(Cl)c3)=NC4)CC2)[C@@H]1N. The van der Waals surface area contributed by atoms with Gasteiger partial charge in [-0.2, -0.15) is 0 Å². The number of nitrogens with zero attached hydrogens (tertiary/aromatic N) is 5. The molecule has 2 aliphatic heterocycles. The predicted molar refractivity (Wildman–Crippen MR) is 118 cm³/mol. The molecule has 0 unspecified atom stereocenters. The minimum Gasteiger partial charge on any atom is -0.342 e. The third-order valence-corrected chi connectivity index (χ3v) is 7.63. The zero-order valence-corrected chi connectivity index (χ0v) is 18.2. The Morgan fingerprint density at radius 3 is 2.70 bits per heavy atom. The minimum atomic E-state index is -0.0642. The van der Waals surface area contributed by atoms with Gasteiger partial charge >= 0.3 is 0 Å². The number of aromatic nitrogens is 3. The maximum Gasteiger partial charge on any atom is 0.264 e. The quantitative estimate of drug-likeness (QED) is 0.745. The van der Waals surface area contributed by atoms with Gasteiger partial charge in [-0.1, -0.05) is 18.5 Å². The van der Waals surface area contributed by atoms with E-state index in [9.17, 15) is 4.79 Å². The second-order valence-electron chi connectivity index (χ2n) is 9.02. The van der Waals surface area contributed by atoms with E-state index in [2.05, 4.69) is 21.8 Å². The molecule has 0 amide bonds. The second kappa shape index (κ2) is 7.17. The average molecular weight is 427 g/mol. The molecule has 2 N–H and O–H groups in total. The minimum absolute atomic E-state index is 0.0642. The van der Waals surface area contributed by atoms with Crippen LogP contribution < -0.4 is 16.2 Å². The molecule has 158 valence electrons. The fourth-order valence-corrected chi connectivity index (χ4v) is 5.66. The summed E-state index contributed by atoms with van der Waals surface area (Å²) in [6.07, 6.45) is 6.18. The topological polar surface area (TPSA) is 89.4 Å². The van der Waals surface area contributed by atoms with Gasteiger partial charge in [0.25, 0.3) is 5.56 Å². The normalized spacial score (nSPS) is 24.9. The molecule has 5 rings (SSSR count). The Balaban J connectivity index is 1.43. The summed E-state index contributed by atoms with van der Waals surface area (Å²) in [5, 5.41) is 0.381. The molecule has 0 radical (unpaired) electrons. The first-order chi connectivity index (χ1) is 14.4. The molecule has 1 saturated heterocycles. The summed E-state index contributed by atoms with van der Waals surface area (Å²) >= 11 is 6.04. The highest BCUT2D eigenvalue weighted by atomic mass is 35.5. The first-order valence-electron chi connectivity index (χ1n) is 10.7. The van der Waals surface area contributed by atoms with Crippen molar-refractivity contribution in [3.05, 3.63) is 50.7 Å². The molecular weight excluding hydrogens is 400 g/mol. The van der Waals surface area contributed by atoms with Gasteiger partial charge in [0.05, 0.1) is 23.5 Å². The van der Waals surface area contributed by atoms with Crippen LogP contribution in [0.25, 0.3) is 0 Å². The standard InChI is InChI=1S/C22H27ClN6O/c1-13-3-5-22(19(13)24)6-9-29(10-7-22)21-27-15-12-26-18(17(15)20(30)28(21)2)14-4-8-25-16(23)11-14/h4,8,11,13,19H,3,5-7,9-10,12,24H2,1-2H3/t13-,19-/m1/s1. The summed E-state index contributed by atoms with van der Waals surface area (Å²) in [5.74, 6) is 1.33. The van der Waals surface area contributed by atoms with E-state index in [0.717, 1.165) is 43.1 Å². The predicted octanol–water partition coefficient (Wildman–Crippen LogP) is 2.52. The van der Waals surface area contributed by atoms with Gasteiger partial charge in [-0.25, -0.2) is 9.97 Å². The van der Waals surface area contributed by atoms with Crippen molar-refractivity contribution >= 4 is 23.3 Å². The van der Waals surface area contributed by atoms with Crippen molar-refractivity contribution in [2.75, 3.05) is 18.0 Å². The summed E-state index contributed by atoms with van der Waals surface area (Å²) in [6, 6.07) is 3.83.